The average Bonchev–Trinajstić information content (AvgIpc) is 2.71. The van der Waals surface area contributed by atoms with Crippen LogP contribution in [0.2, 0.25) is 0 Å². The lowest BCUT2D eigenvalue weighted by atomic mass is 9.70. The molecule has 4 heteroatoms. The summed E-state index contributed by atoms with van der Waals surface area (Å²) < 4.78 is 0. The summed E-state index contributed by atoms with van der Waals surface area (Å²) in [5, 5.41) is 8.77. The molecule has 0 fully saturated rings. The quantitative estimate of drug-likeness (QED) is 0.605. The number of Topliss-reactive ketones (excluding diaryl/α,β-unsaturated/α-hetero) is 1. The summed E-state index contributed by atoms with van der Waals surface area (Å²) in [6, 6.07) is 2.06. The van der Waals surface area contributed by atoms with Crippen molar-refractivity contribution in [1.29, 1.82) is 5.26 Å². The van der Waals surface area contributed by atoms with E-state index in [2.05, 4.69) is 16.1 Å². The Morgan fingerprint density at radius 2 is 2.33 bits per heavy atom. The van der Waals surface area contributed by atoms with Crippen LogP contribution in [0.3, 0.4) is 0 Å². The topological polar surface area (TPSA) is 65.6 Å². The first-order chi connectivity index (χ1) is 8.76. The maximum Gasteiger partial charge on any atom is 0.167 e. The van der Waals surface area contributed by atoms with E-state index in [-0.39, 0.29) is 5.78 Å². The molecule has 1 aliphatic carbocycles. The van der Waals surface area contributed by atoms with Crippen molar-refractivity contribution in [3.63, 3.8) is 0 Å². The molecule has 88 valence electrons. The monoisotopic (exact) mass is 237 g/mol. The third-order valence-electron chi connectivity index (χ3n) is 3.58. The van der Waals surface area contributed by atoms with Crippen molar-refractivity contribution in [2.45, 2.75) is 19.3 Å². The lowest BCUT2D eigenvalue weighted by Gasteiger charge is -2.32. The standard InChI is InChI=1S/C14H11N3O/c15-5-3-10-1-2-13-14(7-10)9-16-8-11(14)12(18)4-6-17-13/h2-3,6,8-9H,1,4,7H2. The minimum atomic E-state index is -0.523. The van der Waals surface area contributed by atoms with Gasteiger partial charge in [0.25, 0.3) is 0 Å². The van der Waals surface area contributed by atoms with Crippen molar-refractivity contribution in [2.24, 2.45) is 15.4 Å². The van der Waals surface area contributed by atoms with Crippen molar-refractivity contribution in [3.8, 4) is 6.07 Å². The van der Waals surface area contributed by atoms with Crippen molar-refractivity contribution < 1.29 is 4.79 Å². The Hall–Kier alpha value is -2.28. The van der Waals surface area contributed by atoms with E-state index < -0.39 is 5.41 Å². The second-order valence-electron chi connectivity index (χ2n) is 4.63. The summed E-state index contributed by atoms with van der Waals surface area (Å²) in [6.45, 7) is 0. The highest BCUT2D eigenvalue weighted by Gasteiger charge is 2.45. The van der Waals surface area contributed by atoms with Crippen LogP contribution >= 0.6 is 0 Å². The molecule has 0 radical (unpaired) electrons. The van der Waals surface area contributed by atoms with Crippen molar-refractivity contribution >= 4 is 18.2 Å². The molecule has 3 rings (SSSR count). The Bertz CT molecular complexity index is 613. The first-order valence-corrected chi connectivity index (χ1v) is 5.85. The molecule has 1 spiro atoms. The summed E-state index contributed by atoms with van der Waals surface area (Å²) >= 11 is 0. The molecule has 4 nitrogen and oxygen atoms in total. The second kappa shape index (κ2) is 3.88. The van der Waals surface area contributed by atoms with E-state index >= 15 is 0 Å². The summed E-state index contributed by atoms with van der Waals surface area (Å²) in [6.07, 6.45) is 10.3. The predicted octanol–water partition coefficient (Wildman–Crippen LogP) is 2.11. The van der Waals surface area contributed by atoms with E-state index in [1.54, 1.807) is 24.7 Å². The maximum atomic E-state index is 12.1. The smallest absolute Gasteiger partial charge is 0.167 e. The molecular weight excluding hydrogens is 226 g/mol. The van der Waals surface area contributed by atoms with Gasteiger partial charge in [-0.25, -0.2) is 0 Å². The first-order valence-electron chi connectivity index (χ1n) is 5.85. The number of rotatable bonds is 0. The van der Waals surface area contributed by atoms with E-state index in [1.807, 2.05) is 6.08 Å². The summed E-state index contributed by atoms with van der Waals surface area (Å²) in [5.74, 6) is 0.0675. The van der Waals surface area contributed by atoms with Gasteiger partial charge in [-0.3, -0.25) is 14.8 Å². The van der Waals surface area contributed by atoms with Crippen molar-refractivity contribution in [2.75, 3.05) is 0 Å². The molecule has 0 aromatic carbocycles. The van der Waals surface area contributed by atoms with Gasteiger partial charge in [-0.1, -0.05) is 11.6 Å². The van der Waals surface area contributed by atoms with Crippen molar-refractivity contribution in [1.82, 2.24) is 0 Å². The van der Waals surface area contributed by atoms with E-state index in [4.69, 9.17) is 5.26 Å². The number of ketones is 1. The molecule has 1 atom stereocenters. The van der Waals surface area contributed by atoms with Crippen LogP contribution in [0.5, 0.6) is 0 Å². The molecule has 1 unspecified atom stereocenters. The molecule has 2 heterocycles. The normalized spacial score (nSPS) is 31.3. The number of hydrogen-bond donors (Lipinski definition) is 0. The number of nitrogens with zero attached hydrogens (tertiary/aromatic N) is 3. The molecule has 0 aromatic rings. The number of allylic oxidation sites excluding steroid dienone is 4. The van der Waals surface area contributed by atoms with Gasteiger partial charge in [0.05, 0.1) is 17.2 Å². The molecule has 18 heavy (non-hydrogen) atoms. The van der Waals surface area contributed by atoms with E-state index in [1.165, 1.54) is 0 Å². The predicted molar refractivity (Wildman–Crippen MR) is 68.1 cm³/mol. The van der Waals surface area contributed by atoms with E-state index in [0.717, 1.165) is 17.7 Å². The Morgan fingerprint density at radius 3 is 3.17 bits per heavy atom. The zero-order chi connectivity index (χ0) is 12.6. The van der Waals surface area contributed by atoms with Gasteiger partial charge in [0.1, 0.15) is 0 Å². The third kappa shape index (κ3) is 1.41. The van der Waals surface area contributed by atoms with Crippen LogP contribution in [0.25, 0.3) is 0 Å². The average molecular weight is 237 g/mol. The van der Waals surface area contributed by atoms with Gasteiger partial charge >= 0.3 is 0 Å². The van der Waals surface area contributed by atoms with Gasteiger partial charge in [0, 0.05) is 36.7 Å². The van der Waals surface area contributed by atoms with Gasteiger partial charge in [0.2, 0.25) is 0 Å². The lowest BCUT2D eigenvalue weighted by Crippen LogP contribution is -2.30. The molecule has 0 N–H and O–H groups in total. The third-order valence-corrected chi connectivity index (χ3v) is 3.58. The van der Waals surface area contributed by atoms with Crippen LogP contribution in [0.1, 0.15) is 19.3 Å². The van der Waals surface area contributed by atoms with Crippen molar-refractivity contribution in [3.05, 3.63) is 35.2 Å². The van der Waals surface area contributed by atoms with Crippen LogP contribution < -0.4 is 0 Å². The Balaban J connectivity index is 2.15. The zero-order valence-electron chi connectivity index (χ0n) is 9.76. The summed E-state index contributed by atoms with van der Waals surface area (Å²) in [7, 11) is 0. The maximum absolute atomic E-state index is 12.1. The minimum absolute atomic E-state index is 0.0675. The van der Waals surface area contributed by atoms with Crippen LogP contribution in [-0.4, -0.2) is 18.2 Å². The molecule has 0 amide bonds. The molecule has 2 aliphatic heterocycles. The molecule has 0 saturated heterocycles. The highest BCUT2D eigenvalue weighted by molar-refractivity contribution is 6.10. The first kappa shape index (κ1) is 10.8. The zero-order valence-corrected chi connectivity index (χ0v) is 9.76. The number of nitriles is 1. The van der Waals surface area contributed by atoms with Gasteiger partial charge in [0.15, 0.2) is 5.78 Å². The van der Waals surface area contributed by atoms with E-state index in [0.29, 0.717) is 18.4 Å². The fourth-order valence-electron chi connectivity index (χ4n) is 2.73. The number of carbonyl (C=O) groups excluding carboxylic acids is 1. The van der Waals surface area contributed by atoms with Crippen LogP contribution in [-0.2, 0) is 4.79 Å². The molecule has 0 saturated carbocycles. The highest BCUT2D eigenvalue weighted by atomic mass is 16.1. The van der Waals surface area contributed by atoms with Crippen LogP contribution in [0.15, 0.2) is 45.2 Å². The molecular formula is C14H11N3O. The summed E-state index contributed by atoms with van der Waals surface area (Å²) in [5.41, 5.74) is 2.08. The highest BCUT2D eigenvalue weighted by Crippen LogP contribution is 2.48. The molecule has 3 aliphatic rings. The SMILES string of the molecule is N#CC=C1CC=C2N=CCC(=O)C3=CN=CC23C1. The second-order valence-corrected chi connectivity index (χ2v) is 4.63. The van der Waals surface area contributed by atoms with Gasteiger partial charge < -0.3 is 0 Å². The summed E-state index contributed by atoms with van der Waals surface area (Å²) in [4.78, 5) is 20.6. The Kier molecular flexibility index (Phi) is 2.34. The fraction of sp³-hybridized carbons (Fsp3) is 0.286. The van der Waals surface area contributed by atoms with E-state index in [9.17, 15) is 4.79 Å². The van der Waals surface area contributed by atoms with Gasteiger partial charge in [-0.05, 0) is 12.8 Å². The van der Waals surface area contributed by atoms with Gasteiger partial charge in [-0.15, -0.1) is 0 Å². The largest absolute Gasteiger partial charge is 0.294 e. The van der Waals surface area contributed by atoms with Crippen LogP contribution in [0.4, 0.5) is 0 Å². The van der Waals surface area contributed by atoms with Crippen LogP contribution in [0, 0.1) is 16.7 Å². The number of aliphatic imine (C=N–C) groups is 2. The lowest BCUT2D eigenvalue weighted by molar-refractivity contribution is -0.114. The molecule has 0 aromatic heterocycles. The Labute approximate surface area is 105 Å². The fourth-order valence-corrected chi connectivity index (χ4v) is 2.73. The minimum Gasteiger partial charge on any atom is -0.294 e. The number of hydrogen-bond acceptors (Lipinski definition) is 4. The molecule has 0 bridgehead atoms. The number of carbonyl (C=O) groups is 1. The van der Waals surface area contributed by atoms with Gasteiger partial charge in [-0.2, -0.15) is 5.26 Å². The Morgan fingerprint density at radius 1 is 1.44 bits per heavy atom.